The minimum absolute atomic E-state index is 0.490. The lowest BCUT2D eigenvalue weighted by atomic mass is 9.44. The van der Waals surface area contributed by atoms with E-state index in [4.69, 9.17) is 9.15 Å². The first-order chi connectivity index (χ1) is 15.6. The molecule has 1 aromatic heterocycles. The molecule has 4 saturated carbocycles. The maximum Gasteiger partial charge on any atom is 0.0937 e. The summed E-state index contributed by atoms with van der Waals surface area (Å²) in [4.78, 5) is 2.59. The summed E-state index contributed by atoms with van der Waals surface area (Å²) in [6, 6.07) is 2.24. The Balaban J connectivity index is 1.10. The van der Waals surface area contributed by atoms with Gasteiger partial charge in [-0.2, -0.15) is 0 Å². The number of nitrogens with zero attached hydrogens (tertiary/aromatic N) is 1. The first-order valence-corrected chi connectivity index (χ1v) is 13.9. The zero-order chi connectivity index (χ0) is 21.8. The predicted molar refractivity (Wildman–Crippen MR) is 129 cm³/mol. The quantitative estimate of drug-likeness (QED) is 0.500. The average Bonchev–Trinajstić information content (AvgIpc) is 3.54. The maximum atomic E-state index is 6.47. The first-order valence-electron chi connectivity index (χ1n) is 13.9. The van der Waals surface area contributed by atoms with Crippen molar-refractivity contribution in [1.82, 2.24) is 4.90 Å². The van der Waals surface area contributed by atoms with E-state index >= 15 is 0 Å². The molecular formula is C29H45NO2. The van der Waals surface area contributed by atoms with Gasteiger partial charge in [0.1, 0.15) is 0 Å². The van der Waals surface area contributed by atoms with Crippen molar-refractivity contribution in [1.29, 1.82) is 0 Å². The highest BCUT2D eigenvalue weighted by Gasteiger charge is 2.60. The second kappa shape index (κ2) is 8.45. The van der Waals surface area contributed by atoms with Crippen LogP contribution in [0.3, 0.4) is 0 Å². The maximum absolute atomic E-state index is 6.47. The molecule has 1 aromatic rings. The fourth-order valence-electron chi connectivity index (χ4n) is 9.75. The highest BCUT2D eigenvalue weighted by atomic mass is 16.5. The van der Waals surface area contributed by atoms with Crippen LogP contribution in [0.1, 0.15) is 96.0 Å². The normalized spacial score (nSPS) is 46.6. The molecule has 0 aromatic carbocycles. The lowest BCUT2D eigenvalue weighted by molar-refractivity contribution is -0.132. The Morgan fingerprint density at radius 1 is 0.969 bits per heavy atom. The van der Waals surface area contributed by atoms with E-state index in [-0.39, 0.29) is 0 Å². The van der Waals surface area contributed by atoms with Gasteiger partial charge in [0.2, 0.25) is 0 Å². The summed E-state index contributed by atoms with van der Waals surface area (Å²) in [5, 5.41) is 0. The number of likely N-dealkylation sites (tertiary alicyclic amines) is 1. The van der Waals surface area contributed by atoms with E-state index in [9.17, 15) is 0 Å². The number of furan rings is 1. The SMILES string of the molecule is C[C@]12CCC(OCCN3CCCC3)CC1CC[C@@H]1[C@H]2CC[C@]2(C)C(c3ccoc3)CC[C@@H]12. The van der Waals surface area contributed by atoms with Gasteiger partial charge in [-0.25, -0.2) is 0 Å². The molecule has 3 heteroatoms. The average molecular weight is 440 g/mol. The van der Waals surface area contributed by atoms with Crippen molar-refractivity contribution in [3.8, 4) is 0 Å². The number of hydrogen-bond acceptors (Lipinski definition) is 3. The molecular weight excluding hydrogens is 394 g/mol. The van der Waals surface area contributed by atoms with Crippen molar-refractivity contribution in [2.45, 2.75) is 96.5 Å². The molecule has 8 atom stereocenters. The summed E-state index contributed by atoms with van der Waals surface area (Å²) in [5.41, 5.74) is 2.52. The highest BCUT2D eigenvalue weighted by molar-refractivity contribution is 5.22. The van der Waals surface area contributed by atoms with Crippen molar-refractivity contribution in [3.05, 3.63) is 24.2 Å². The van der Waals surface area contributed by atoms with Gasteiger partial charge >= 0.3 is 0 Å². The molecule has 3 unspecified atom stereocenters. The fraction of sp³-hybridized carbons (Fsp3) is 0.862. The van der Waals surface area contributed by atoms with Crippen molar-refractivity contribution < 1.29 is 9.15 Å². The van der Waals surface area contributed by atoms with Crippen molar-refractivity contribution in [2.75, 3.05) is 26.2 Å². The van der Waals surface area contributed by atoms with Crippen LogP contribution in [-0.4, -0.2) is 37.2 Å². The van der Waals surface area contributed by atoms with Gasteiger partial charge < -0.3 is 14.1 Å². The number of hydrogen-bond donors (Lipinski definition) is 0. The summed E-state index contributed by atoms with van der Waals surface area (Å²) in [6.45, 7) is 10.0. The molecule has 32 heavy (non-hydrogen) atoms. The summed E-state index contributed by atoms with van der Waals surface area (Å²) in [7, 11) is 0. The third-order valence-corrected chi connectivity index (χ3v) is 11.5. The fourth-order valence-corrected chi connectivity index (χ4v) is 9.75. The zero-order valence-electron chi connectivity index (χ0n) is 20.6. The van der Waals surface area contributed by atoms with Crippen LogP contribution in [0.25, 0.3) is 0 Å². The highest BCUT2D eigenvalue weighted by Crippen LogP contribution is 2.69. The van der Waals surface area contributed by atoms with Gasteiger partial charge in [0.15, 0.2) is 0 Å². The van der Waals surface area contributed by atoms with Gasteiger partial charge in [-0.05, 0) is 136 Å². The Kier molecular flexibility index (Phi) is 5.73. The molecule has 3 nitrogen and oxygen atoms in total. The minimum atomic E-state index is 0.490. The van der Waals surface area contributed by atoms with E-state index in [0.717, 1.165) is 42.7 Å². The van der Waals surface area contributed by atoms with Crippen LogP contribution in [-0.2, 0) is 4.74 Å². The summed E-state index contributed by atoms with van der Waals surface area (Å²) < 4.78 is 12.0. The van der Waals surface area contributed by atoms with Gasteiger partial charge in [-0.3, -0.25) is 0 Å². The summed E-state index contributed by atoms with van der Waals surface area (Å²) in [5.74, 6) is 4.45. The van der Waals surface area contributed by atoms with Gasteiger partial charge in [0.25, 0.3) is 0 Å². The van der Waals surface area contributed by atoms with Crippen LogP contribution < -0.4 is 0 Å². The number of rotatable bonds is 5. The third-order valence-electron chi connectivity index (χ3n) is 11.5. The van der Waals surface area contributed by atoms with Gasteiger partial charge in [-0.1, -0.05) is 13.8 Å². The molecule has 178 valence electrons. The van der Waals surface area contributed by atoms with Crippen molar-refractivity contribution in [2.24, 2.45) is 34.5 Å². The largest absolute Gasteiger partial charge is 0.472 e. The summed E-state index contributed by atoms with van der Waals surface area (Å²) in [6.07, 6.45) is 19.9. The van der Waals surface area contributed by atoms with Crippen molar-refractivity contribution >= 4 is 0 Å². The van der Waals surface area contributed by atoms with Crippen LogP contribution in [0.2, 0.25) is 0 Å². The molecule has 5 fully saturated rings. The second-order valence-electron chi connectivity index (χ2n) is 12.7. The van der Waals surface area contributed by atoms with Gasteiger partial charge in [0, 0.05) is 6.54 Å². The van der Waals surface area contributed by atoms with Crippen LogP contribution in [0.4, 0.5) is 0 Å². The van der Waals surface area contributed by atoms with E-state index in [1.165, 1.54) is 89.3 Å². The van der Waals surface area contributed by atoms with E-state index in [0.29, 0.717) is 16.9 Å². The molecule has 0 bridgehead atoms. The molecule has 5 aliphatic rings. The minimum Gasteiger partial charge on any atom is -0.472 e. The van der Waals surface area contributed by atoms with E-state index in [1.807, 2.05) is 12.5 Å². The van der Waals surface area contributed by atoms with Crippen LogP contribution >= 0.6 is 0 Å². The molecule has 6 rings (SSSR count). The molecule has 2 heterocycles. The first kappa shape index (κ1) is 21.7. The lowest BCUT2D eigenvalue weighted by Gasteiger charge is -2.61. The Bertz CT molecular complexity index is 770. The second-order valence-corrected chi connectivity index (χ2v) is 12.7. The van der Waals surface area contributed by atoms with E-state index < -0.39 is 0 Å². The smallest absolute Gasteiger partial charge is 0.0937 e. The van der Waals surface area contributed by atoms with E-state index in [1.54, 1.807) is 0 Å². The van der Waals surface area contributed by atoms with Crippen molar-refractivity contribution in [3.63, 3.8) is 0 Å². The molecule has 1 aliphatic heterocycles. The third kappa shape index (κ3) is 3.52. The lowest BCUT2D eigenvalue weighted by Crippen LogP contribution is -2.54. The molecule has 0 N–H and O–H groups in total. The molecule has 4 aliphatic carbocycles. The zero-order valence-corrected chi connectivity index (χ0v) is 20.6. The molecule has 1 saturated heterocycles. The Labute approximate surface area is 195 Å². The number of ether oxygens (including phenoxy) is 1. The summed E-state index contributed by atoms with van der Waals surface area (Å²) >= 11 is 0. The topological polar surface area (TPSA) is 25.6 Å². The van der Waals surface area contributed by atoms with Gasteiger partial charge in [0.05, 0.1) is 25.2 Å². The molecule has 0 amide bonds. The van der Waals surface area contributed by atoms with Crippen LogP contribution in [0.5, 0.6) is 0 Å². The van der Waals surface area contributed by atoms with Gasteiger partial charge in [-0.15, -0.1) is 0 Å². The van der Waals surface area contributed by atoms with Crippen LogP contribution in [0, 0.1) is 34.5 Å². The van der Waals surface area contributed by atoms with E-state index in [2.05, 4.69) is 24.8 Å². The number of fused-ring (bicyclic) bond motifs is 5. The Morgan fingerprint density at radius 3 is 2.59 bits per heavy atom. The molecule has 0 radical (unpaired) electrons. The molecule has 0 spiro atoms. The Hall–Kier alpha value is -0.800. The van der Waals surface area contributed by atoms with Crippen LogP contribution in [0.15, 0.2) is 23.0 Å². The predicted octanol–water partition coefficient (Wildman–Crippen LogP) is 6.89. The Morgan fingerprint density at radius 2 is 1.78 bits per heavy atom. The monoisotopic (exact) mass is 439 g/mol. The standard InChI is InChI=1S/C29H45NO2/c1-28-12-9-23(32-18-16-30-14-3-4-15-30)19-22(28)5-6-24-26-8-7-25(21-11-17-31-20-21)29(26,2)13-10-27(24)28/h11,17,20,22-27H,3-10,12-16,18-19H2,1-2H3/t22?,23?,24-,25?,26-,27+,28-,29+/m0/s1.